The summed E-state index contributed by atoms with van der Waals surface area (Å²) < 4.78 is 28.6. The van der Waals surface area contributed by atoms with E-state index in [4.69, 9.17) is 16.3 Å². The first-order chi connectivity index (χ1) is 15.3. The van der Waals surface area contributed by atoms with E-state index in [-0.39, 0.29) is 30.6 Å². The van der Waals surface area contributed by atoms with E-state index in [2.05, 4.69) is 15.2 Å². The maximum absolute atomic E-state index is 13.0. The monoisotopic (exact) mass is 462 g/mol. The van der Waals surface area contributed by atoms with Crippen LogP contribution in [0.25, 0.3) is 10.8 Å². The van der Waals surface area contributed by atoms with Gasteiger partial charge in [0.1, 0.15) is 12.6 Å². The van der Waals surface area contributed by atoms with Crippen LogP contribution in [0.1, 0.15) is 12.8 Å². The van der Waals surface area contributed by atoms with Crippen LogP contribution in [-0.2, 0) is 24.4 Å². The van der Waals surface area contributed by atoms with Gasteiger partial charge in [0.25, 0.3) is 0 Å². The van der Waals surface area contributed by atoms with Gasteiger partial charge in [0, 0.05) is 11.9 Å². The lowest BCUT2D eigenvalue weighted by molar-refractivity contribution is -0.139. The molecule has 11 nitrogen and oxygen atoms in total. The second-order valence-electron chi connectivity index (χ2n) is 7.25. The smallest absolute Gasteiger partial charge is 0.241 e. The van der Waals surface area contributed by atoms with Gasteiger partial charge in [0.05, 0.1) is 18.0 Å². The molecule has 1 saturated heterocycles. The molecule has 0 aromatic heterocycles. The molecule has 0 unspecified atom stereocenters. The van der Waals surface area contributed by atoms with Crippen LogP contribution in [0.5, 0.6) is 0 Å². The first-order valence-electron chi connectivity index (χ1n) is 10.0. The van der Waals surface area contributed by atoms with Crippen molar-refractivity contribution in [3.05, 3.63) is 42.5 Å². The Balaban J connectivity index is 1.61. The summed E-state index contributed by atoms with van der Waals surface area (Å²) in [5.74, 6) is -1.07. The molecule has 0 saturated carbocycles. The minimum atomic E-state index is -3.95. The Morgan fingerprint density at radius 1 is 1.19 bits per heavy atom. The van der Waals surface area contributed by atoms with Crippen molar-refractivity contribution >= 4 is 38.6 Å². The number of hydrogen-bond donors (Lipinski definition) is 4. The van der Waals surface area contributed by atoms with Crippen molar-refractivity contribution in [3.63, 3.8) is 0 Å². The third-order valence-electron chi connectivity index (χ3n) is 4.89. The number of oxime groups is 1. The molecule has 32 heavy (non-hydrogen) atoms. The molecule has 2 aromatic carbocycles. The molecule has 0 spiro atoms. The molecule has 0 radical (unpaired) electrons. The summed E-state index contributed by atoms with van der Waals surface area (Å²) >= 11 is 0. The first-order valence-corrected chi connectivity index (χ1v) is 11.5. The van der Waals surface area contributed by atoms with Crippen LogP contribution in [0.2, 0.25) is 0 Å². The van der Waals surface area contributed by atoms with Crippen molar-refractivity contribution in [1.82, 2.24) is 14.9 Å². The van der Waals surface area contributed by atoms with Crippen LogP contribution in [0.4, 0.5) is 0 Å². The summed E-state index contributed by atoms with van der Waals surface area (Å²) in [5.41, 5.74) is 10.2. The number of amides is 2. The average Bonchev–Trinajstić information content (AvgIpc) is 2.75. The van der Waals surface area contributed by atoms with Crippen molar-refractivity contribution in [3.8, 4) is 0 Å². The Morgan fingerprint density at radius 3 is 2.72 bits per heavy atom. The molecule has 0 bridgehead atoms. The Morgan fingerprint density at radius 2 is 1.94 bits per heavy atom. The van der Waals surface area contributed by atoms with Crippen molar-refractivity contribution in [2.75, 3.05) is 26.2 Å². The normalized spacial score (nSPS) is 16.6. The first kappa shape index (κ1) is 23.3. The highest BCUT2D eigenvalue weighted by Gasteiger charge is 2.33. The van der Waals surface area contributed by atoms with Gasteiger partial charge in [-0.05, 0) is 29.4 Å². The highest BCUT2D eigenvalue weighted by atomic mass is 32.2. The van der Waals surface area contributed by atoms with Gasteiger partial charge in [0.15, 0.2) is 0 Å². The molecule has 0 aliphatic carbocycles. The van der Waals surface area contributed by atoms with E-state index in [0.29, 0.717) is 24.8 Å². The largest absolute Gasteiger partial charge is 0.391 e. The number of likely N-dealkylation sites (tertiary alicyclic amines) is 1. The number of carbonyl (C=O) groups is 2. The molecule has 6 N–H and O–H groups in total. The molecule has 1 aliphatic rings. The zero-order chi connectivity index (χ0) is 23.1. The summed E-state index contributed by atoms with van der Waals surface area (Å²) in [6, 6.07) is 11.2. The molecule has 1 fully saturated rings. The molecule has 1 heterocycles. The van der Waals surface area contributed by atoms with Crippen LogP contribution >= 0.6 is 0 Å². The van der Waals surface area contributed by atoms with Crippen molar-refractivity contribution in [2.24, 2.45) is 16.6 Å². The number of piperidine rings is 1. The number of nitrogens with zero attached hydrogens (tertiary/aromatic N) is 2. The minimum absolute atomic E-state index is 0.0606. The Labute approximate surface area is 185 Å². The number of rotatable bonds is 9. The Hall–Kier alpha value is -3.38. The van der Waals surface area contributed by atoms with Crippen LogP contribution in [-0.4, -0.2) is 63.4 Å². The maximum atomic E-state index is 13.0. The molecular formula is C20H26N6O5S. The molecule has 1 atom stereocenters. The summed E-state index contributed by atoms with van der Waals surface area (Å²) in [7, 11) is -3.95. The fourth-order valence-electron chi connectivity index (χ4n) is 3.47. The molecule has 2 amide bonds. The molecule has 3 rings (SSSR count). The predicted molar refractivity (Wildman–Crippen MR) is 119 cm³/mol. The average molecular weight is 463 g/mol. The number of nitrogens with one attached hydrogen (secondary N) is 2. The summed E-state index contributed by atoms with van der Waals surface area (Å²) in [5, 5.41) is 7.27. The van der Waals surface area contributed by atoms with E-state index in [9.17, 15) is 18.0 Å². The summed E-state index contributed by atoms with van der Waals surface area (Å²) in [6.07, 6.45) is 0.919. The van der Waals surface area contributed by atoms with E-state index in [1.54, 1.807) is 18.2 Å². The number of benzene rings is 2. The van der Waals surface area contributed by atoms with Gasteiger partial charge < -0.3 is 26.5 Å². The van der Waals surface area contributed by atoms with Gasteiger partial charge in [-0.2, -0.15) is 4.72 Å². The molecular weight excluding hydrogens is 436 g/mol. The Bertz CT molecular complexity index is 1110. The lowest BCUT2D eigenvalue weighted by Crippen LogP contribution is -2.54. The van der Waals surface area contributed by atoms with Crippen LogP contribution in [0, 0.1) is 0 Å². The second kappa shape index (κ2) is 10.3. The summed E-state index contributed by atoms with van der Waals surface area (Å²) in [4.78, 5) is 31.2. The van der Waals surface area contributed by atoms with Crippen LogP contribution in [0.15, 0.2) is 52.5 Å². The lowest BCUT2D eigenvalue weighted by atomic mass is 10.1. The zero-order valence-corrected chi connectivity index (χ0v) is 18.2. The number of fused-ring (bicyclic) bond motifs is 1. The van der Waals surface area contributed by atoms with Crippen LogP contribution < -0.4 is 21.5 Å². The number of nitrogens with two attached hydrogens (primary N) is 2. The molecule has 1 aliphatic heterocycles. The topological polar surface area (TPSA) is 169 Å². The van der Waals surface area contributed by atoms with Gasteiger partial charge in [0.2, 0.25) is 27.8 Å². The van der Waals surface area contributed by atoms with Crippen molar-refractivity contribution in [1.29, 1.82) is 0 Å². The Kier molecular flexibility index (Phi) is 7.49. The highest BCUT2D eigenvalue weighted by molar-refractivity contribution is 7.89. The van der Waals surface area contributed by atoms with Gasteiger partial charge in [-0.1, -0.05) is 36.4 Å². The third-order valence-corrected chi connectivity index (χ3v) is 6.42. The fraction of sp³-hybridized carbons (Fsp3) is 0.350. The van der Waals surface area contributed by atoms with Crippen LogP contribution in [0.3, 0.4) is 0 Å². The predicted octanol–water partition coefficient (Wildman–Crippen LogP) is -0.570. The molecule has 2 aromatic rings. The maximum Gasteiger partial charge on any atom is 0.241 e. The second-order valence-corrected chi connectivity index (χ2v) is 8.93. The minimum Gasteiger partial charge on any atom is -0.391 e. The van der Waals surface area contributed by atoms with Gasteiger partial charge in [-0.3, -0.25) is 9.59 Å². The highest BCUT2D eigenvalue weighted by Crippen LogP contribution is 2.24. The number of sulfonamides is 1. The number of carbonyl (C=O) groups excluding carboxylic acids is 2. The SMILES string of the molecule is NC(N)=NOCCNC(=O)CN1CCC[C@H](NS(=O)(=O)c2cccc3ccccc23)C1=O. The number of guanidine groups is 1. The van der Waals surface area contributed by atoms with E-state index in [1.807, 2.05) is 18.2 Å². The van der Waals surface area contributed by atoms with E-state index in [0.717, 1.165) is 5.39 Å². The quantitative estimate of drug-likeness (QED) is 0.167. The van der Waals surface area contributed by atoms with E-state index < -0.39 is 27.9 Å². The standard InChI is InChI=1S/C20H26N6O5S/c21-20(22)24-31-12-10-23-18(27)13-26-11-4-8-16(19(26)28)25-32(29,30)17-9-3-6-14-5-1-2-7-15(14)17/h1-3,5-7,9,16,25H,4,8,10-13H2,(H,23,27)(H4,21,22,24)/t16-/m0/s1. The van der Waals surface area contributed by atoms with Gasteiger partial charge in [-0.15, -0.1) is 0 Å². The van der Waals surface area contributed by atoms with E-state index >= 15 is 0 Å². The van der Waals surface area contributed by atoms with E-state index in [1.165, 1.54) is 11.0 Å². The van der Waals surface area contributed by atoms with Gasteiger partial charge >= 0.3 is 0 Å². The molecule has 12 heteroatoms. The molecule has 172 valence electrons. The zero-order valence-electron chi connectivity index (χ0n) is 17.4. The third kappa shape index (κ3) is 5.86. The van der Waals surface area contributed by atoms with Crippen molar-refractivity contribution in [2.45, 2.75) is 23.8 Å². The summed E-state index contributed by atoms with van der Waals surface area (Å²) in [6.45, 7) is 0.386. The number of hydrogen-bond acceptors (Lipinski definition) is 6. The van der Waals surface area contributed by atoms with Gasteiger partial charge in [-0.25, -0.2) is 8.42 Å². The van der Waals surface area contributed by atoms with Crippen molar-refractivity contribution < 1.29 is 22.8 Å². The lowest BCUT2D eigenvalue weighted by Gasteiger charge is -2.32. The fourth-order valence-corrected chi connectivity index (χ4v) is 4.93.